The summed E-state index contributed by atoms with van der Waals surface area (Å²) >= 11 is 0. The second-order valence-corrected chi connectivity index (χ2v) is 5.09. The number of fused-ring (bicyclic) bond motifs is 1. The van der Waals surface area contributed by atoms with Gasteiger partial charge in [0.1, 0.15) is 11.6 Å². The van der Waals surface area contributed by atoms with Gasteiger partial charge in [-0.15, -0.1) is 0 Å². The highest BCUT2D eigenvalue weighted by molar-refractivity contribution is 5.83. The van der Waals surface area contributed by atoms with Crippen molar-refractivity contribution in [3.63, 3.8) is 0 Å². The molecule has 5 nitrogen and oxygen atoms in total. The zero-order chi connectivity index (χ0) is 13.0. The molecule has 0 aliphatic heterocycles. The highest BCUT2D eigenvalue weighted by atomic mass is 15.3. The fourth-order valence-corrected chi connectivity index (χ4v) is 2.56. The molecule has 1 aliphatic rings. The Hall–Kier alpha value is -2.30. The topological polar surface area (TPSA) is 61.7 Å². The summed E-state index contributed by atoms with van der Waals surface area (Å²) in [6.07, 6.45) is 4.23. The van der Waals surface area contributed by atoms with Crippen LogP contribution in [0.1, 0.15) is 18.9 Å². The summed E-state index contributed by atoms with van der Waals surface area (Å²) in [4.78, 5) is 4.75. The molecule has 0 radical (unpaired) electrons. The summed E-state index contributed by atoms with van der Waals surface area (Å²) in [6, 6.07) is 8.80. The lowest BCUT2D eigenvalue weighted by Gasteiger charge is -2.06. The van der Waals surface area contributed by atoms with E-state index < -0.39 is 0 Å². The predicted octanol–water partition coefficient (Wildman–Crippen LogP) is 2.35. The van der Waals surface area contributed by atoms with E-state index in [9.17, 15) is 0 Å². The highest BCUT2D eigenvalue weighted by Crippen LogP contribution is 2.41. The molecule has 5 heteroatoms. The van der Waals surface area contributed by atoms with Crippen LogP contribution in [0.5, 0.6) is 0 Å². The number of rotatable bonds is 2. The van der Waals surface area contributed by atoms with Crippen molar-refractivity contribution in [2.45, 2.75) is 18.9 Å². The molecule has 2 heterocycles. The van der Waals surface area contributed by atoms with Crippen LogP contribution in [0.2, 0.25) is 0 Å². The number of anilines is 1. The summed E-state index contributed by atoms with van der Waals surface area (Å²) in [7, 11) is 1.85. The van der Waals surface area contributed by atoms with Crippen LogP contribution in [-0.4, -0.2) is 19.3 Å². The summed E-state index contributed by atoms with van der Waals surface area (Å²) in [5.41, 5.74) is 9.22. The van der Waals surface area contributed by atoms with Gasteiger partial charge in [-0.2, -0.15) is 5.10 Å². The van der Waals surface area contributed by atoms with Gasteiger partial charge in [0, 0.05) is 13.1 Å². The Bertz CT molecular complexity index is 763. The van der Waals surface area contributed by atoms with Gasteiger partial charge in [0.2, 0.25) is 0 Å². The minimum atomic E-state index is 0.557. The van der Waals surface area contributed by atoms with Gasteiger partial charge in [-0.05, 0) is 25.0 Å². The maximum Gasteiger partial charge on any atom is 0.146 e. The first-order valence-corrected chi connectivity index (χ1v) is 6.50. The fourth-order valence-electron chi connectivity index (χ4n) is 2.56. The van der Waals surface area contributed by atoms with Gasteiger partial charge < -0.3 is 10.3 Å². The first-order chi connectivity index (χ1) is 9.25. The van der Waals surface area contributed by atoms with Crippen molar-refractivity contribution in [1.29, 1.82) is 0 Å². The summed E-state index contributed by atoms with van der Waals surface area (Å²) < 4.78 is 3.99. The van der Waals surface area contributed by atoms with E-state index in [0.29, 0.717) is 11.9 Å². The summed E-state index contributed by atoms with van der Waals surface area (Å²) in [5.74, 6) is 1.60. The summed E-state index contributed by atoms with van der Waals surface area (Å²) in [6.45, 7) is 0. The van der Waals surface area contributed by atoms with E-state index in [1.165, 1.54) is 18.4 Å². The van der Waals surface area contributed by atoms with E-state index in [4.69, 9.17) is 10.7 Å². The minimum absolute atomic E-state index is 0.557. The Balaban J connectivity index is 2.03. The number of imidazole rings is 1. The Morgan fingerprint density at radius 2 is 2.05 bits per heavy atom. The molecular formula is C14H15N5. The van der Waals surface area contributed by atoms with Crippen molar-refractivity contribution in [2.24, 2.45) is 7.05 Å². The van der Waals surface area contributed by atoms with Gasteiger partial charge >= 0.3 is 0 Å². The molecule has 96 valence electrons. The fraction of sp³-hybridized carbons (Fsp3) is 0.286. The second kappa shape index (κ2) is 3.60. The quantitative estimate of drug-likeness (QED) is 0.762. The first-order valence-electron chi connectivity index (χ1n) is 6.50. The van der Waals surface area contributed by atoms with E-state index in [2.05, 4.69) is 21.8 Å². The molecule has 1 fully saturated rings. The predicted molar refractivity (Wildman–Crippen MR) is 74.6 cm³/mol. The number of benzene rings is 1. The Morgan fingerprint density at radius 3 is 2.74 bits per heavy atom. The normalized spacial score (nSPS) is 15.2. The number of hydrogen-bond acceptors (Lipinski definition) is 3. The van der Waals surface area contributed by atoms with Crippen LogP contribution in [0, 0.1) is 0 Å². The molecule has 1 saturated carbocycles. The van der Waals surface area contributed by atoms with E-state index in [0.717, 1.165) is 16.9 Å². The van der Waals surface area contributed by atoms with Crippen LogP contribution in [0.3, 0.4) is 0 Å². The molecule has 0 saturated heterocycles. The van der Waals surface area contributed by atoms with Crippen molar-refractivity contribution in [2.75, 3.05) is 5.73 Å². The molecule has 19 heavy (non-hydrogen) atoms. The number of hydrogen-bond donors (Lipinski definition) is 1. The van der Waals surface area contributed by atoms with Crippen LogP contribution in [0.15, 0.2) is 30.5 Å². The zero-order valence-corrected chi connectivity index (χ0v) is 10.7. The van der Waals surface area contributed by atoms with Crippen LogP contribution >= 0.6 is 0 Å². The van der Waals surface area contributed by atoms with E-state index in [1.807, 2.05) is 19.2 Å². The lowest BCUT2D eigenvalue weighted by molar-refractivity contribution is 0.773. The van der Waals surface area contributed by atoms with Gasteiger partial charge in [-0.25, -0.2) is 4.98 Å². The van der Waals surface area contributed by atoms with Gasteiger partial charge in [-0.1, -0.05) is 12.1 Å². The van der Waals surface area contributed by atoms with Crippen molar-refractivity contribution in [3.8, 4) is 11.4 Å². The maximum atomic E-state index is 6.09. The van der Waals surface area contributed by atoms with Crippen LogP contribution in [-0.2, 0) is 7.05 Å². The van der Waals surface area contributed by atoms with E-state index in [-0.39, 0.29) is 0 Å². The molecule has 0 amide bonds. The molecule has 2 aromatic heterocycles. The van der Waals surface area contributed by atoms with Gasteiger partial charge in [0.25, 0.3) is 0 Å². The smallest absolute Gasteiger partial charge is 0.146 e. The largest absolute Gasteiger partial charge is 0.383 e. The van der Waals surface area contributed by atoms with Gasteiger partial charge in [0.05, 0.1) is 22.8 Å². The molecule has 0 unspecified atom stereocenters. The number of nitrogens with zero attached hydrogens (tertiary/aromatic N) is 4. The molecule has 0 bridgehead atoms. The van der Waals surface area contributed by atoms with E-state index >= 15 is 0 Å². The standard InChI is InChI=1S/C14H15N5/c1-18-13(15)10(8-16-18)14-17-11-4-2-3-5-12(11)19(14)9-6-7-9/h2-5,8-9H,6-7,15H2,1H3. The van der Waals surface area contributed by atoms with Gasteiger partial charge in [-0.3, -0.25) is 4.68 Å². The lowest BCUT2D eigenvalue weighted by atomic mass is 10.3. The second-order valence-electron chi connectivity index (χ2n) is 5.09. The van der Waals surface area contributed by atoms with Crippen molar-refractivity contribution in [1.82, 2.24) is 19.3 Å². The Morgan fingerprint density at radius 1 is 1.26 bits per heavy atom. The number of nitrogen functional groups attached to an aromatic ring is 1. The zero-order valence-electron chi connectivity index (χ0n) is 10.7. The first kappa shape index (κ1) is 10.6. The monoisotopic (exact) mass is 253 g/mol. The molecule has 3 aromatic rings. The highest BCUT2D eigenvalue weighted by Gasteiger charge is 2.29. The average molecular weight is 253 g/mol. The van der Waals surface area contributed by atoms with Crippen molar-refractivity contribution >= 4 is 16.9 Å². The number of aryl methyl sites for hydroxylation is 1. The van der Waals surface area contributed by atoms with Gasteiger partial charge in [0.15, 0.2) is 0 Å². The molecule has 1 aromatic carbocycles. The molecule has 1 aliphatic carbocycles. The number of aromatic nitrogens is 4. The Kier molecular flexibility index (Phi) is 2.01. The third kappa shape index (κ3) is 1.47. The van der Waals surface area contributed by atoms with Crippen LogP contribution in [0.25, 0.3) is 22.4 Å². The molecular weight excluding hydrogens is 238 g/mol. The summed E-state index contributed by atoms with van der Waals surface area (Å²) in [5, 5.41) is 4.22. The van der Waals surface area contributed by atoms with Crippen molar-refractivity contribution in [3.05, 3.63) is 30.5 Å². The maximum absolute atomic E-state index is 6.09. The van der Waals surface area contributed by atoms with Crippen molar-refractivity contribution < 1.29 is 0 Å². The SMILES string of the molecule is Cn1ncc(-c2nc3ccccc3n2C2CC2)c1N. The minimum Gasteiger partial charge on any atom is -0.383 e. The Labute approximate surface area is 110 Å². The molecule has 4 rings (SSSR count). The third-order valence-electron chi connectivity index (χ3n) is 3.73. The number of para-hydroxylation sites is 2. The van der Waals surface area contributed by atoms with Crippen LogP contribution in [0.4, 0.5) is 5.82 Å². The third-order valence-corrected chi connectivity index (χ3v) is 3.73. The average Bonchev–Trinajstić information content (AvgIpc) is 3.11. The molecule has 0 atom stereocenters. The number of nitrogens with two attached hydrogens (primary N) is 1. The van der Waals surface area contributed by atoms with Crippen LogP contribution < -0.4 is 5.73 Å². The molecule has 0 spiro atoms. The lowest BCUT2D eigenvalue weighted by Crippen LogP contribution is -2.01. The van der Waals surface area contributed by atoms with E-state index in [1.54, 1.807) is 10.9 Å². The molecule has 2 N–H and O–H groups in total.